The molecule has 0 amide bonds. The Morgan fingerprint density at radius 3 is 1.14 bits per heavy atom. The van der Waals surface area contributed by atoms with Gasteiger partial charge in [0.25, 0.3) is 20.0 Å². The summed E-state index contributed by atoms with van der Waals surface area (Å²) < 4.78 is 56.7. The quantitative estimate of drug-likeness (QED) is 0.215. The van der Waals surface area contributed by atoms with Crippen LogP contribution in [-0.4, -0.2) is 40.6 Å². The lowest BCUT2D eigenvalue weighted by Crippen LogP contribution is -2.33. The summed E-state index contributed by atoms with van der Waals surface area (Å²) >= 11 is 6.77. The average Bonchev–Trinajstić information content (AvgIpc) is 2.85. The predicted molar refractivity (Wildman–Crippen MR) is 155 cm³/mol. The first-order chi connectivity index (χ1) is 17.1. The van der Waals surface area contributed by atoms with Crippen LogP contribution in [0, 0.1) is 13.8 Å². The summed E-state index contributed by atoms with van der Waals surface area (Å²) in [5.41, 5.74) is 2.91. The Hall–Kier alpha value is -1.88. The van der Waals surface area contributed by atoms with Gasteiger partial charge in [-0.2, -0.15) is 0 Å². The molecule has 36 heavy (non-hydrogen) atoms. The van der Waals surface area contributed by atoms with Gasteiger partial charge >= 0.3 is 0 Å². The average molecular weight is 658 g/mol. The molecule has 3 aromatic carbocycles. The molecule has 0 aliphatic carbocycles. The van der Waals surface area contributed by atoms with E-state index in [1.54, 1.807) is 72.8 Å². The smallest absolute Gasteiger partial charge is 0.264 e. The summed E-state index contributed by atoms with van der Waals surface area (Å²) in [6, 6.07) is 20.2. The summed E-state index contributed by atoms with van der Waals surface area (Å²) in [6.07, 6.45) is 1.23. The lowest BCUT2D eigenvalue weighted by molar-refractivity contribution is 0.588. The van der Waals surface area contributed by atoms with Gasteiger partial charge in [-0.05, 0) is 75.2 Å². The van der Waals surface area contributed by atoms with Crippen molar-refractivity contribution in [2.45, 2.75) is 36.5 Å². The molecule has 194 valence electrons. The molecule has 6 nitrogen and oxygen atoms in total. The van der Waals surface area contributed by atoms with E-state index in [-0.39, 0.29) is 22.9 Å². The van der Waals surface area contributed by atoms with Crippen LogP contribution in [0.25, 0.3) is 0 Å². The molecule has 3 rings (SSSR count). The van der Waals surface area contributed by atoms with Gasteiger partial charge in [0.15, 0.2) is 0 Å². The highest BCUT2D eigenvalue weighted by Gasteiger charge is 2.27. The van der Waals surface area contributed by atoms with Crippen LogP contribution >= 0.6 is 31.9 Å². The number of aryl methyl sites for hydroxylation is 2. The molecule has 0 N–H and O–H groups in total. The molecule has 0 unspecified atom stereocenters. The number of halogens is 2. The fourth-order valence-electron chi connectivity index (χ4n) is 3.64. The Morgan fingerprint density at radius 1 is 0.556 bits per heavy atom. The molecule has 0 radical (unpaired) electrons. The summed E-state index contributed by atoms with van der Waals surface area (Å²) in [6.45, 7) is 4.39. The maximum absolute atomic E-state index is 13.5. The van der Waals surface area contributed by atoms with Crippen LogP contribution in [0.15, 0.2) is 82.6 Å². The van der Waals surface area contributed by atoms with Crippen LogP contribution in [0.1, 0.15) is 24.0 Å². The molecule has 0 fully saturated rings. The maximum atomic E-state index is 13.5. The summed E-state index contributed by atoms with van der Waals surface area (Å²) in [4.78, 5) is 0.431. The zero-order valence-electron chi connectivity index (χ0n) is 20.3. The number of benzene rings is 3. The van der Waals surface area contributed by atoms with Crippen molar-refractivity contribution in [2.24, 2.45) is 0 Å². The van der Waals surface area contributed by atoms with Crippen LogP contribution in [0.5, 0.6) is 0 Å². The van der Waals surface area contributed by atoms with Crippen LogP contribution < -0.4 is 8.61 Å². The fourth-order valence-corrected chi connectivity index (χ4v) is 7.15. The third-order valence-corrected chi connectivity index (χ3v) is 10.4. The minimum absolute atomic E-state index is 0.215. The largest absolute Gasteiger partial charge is 0.266 e. The van der Waals surface area contributed by atoms with Gasteiger partial charge in [0, 0.05) is 23.7 Å². The molecule has 0 aromatic heterocycles. The minimum Gasteiger partial charge on any atom is -0.266 e. The van der Waals surface area contributed by atoms with Crippen molar-refractivity contribution in [3.8, 4) is 0 Å². The number of nitrogens with zero attached hydrogens (tertiary/aromatic N) is 2. The molecule has 0 saturated heterocycles. The number of alkyl halides is 2. The molecule has 0 spiro atoms. The summed E-state index contributed by atoms with van der Waals surface area (Å²) in [5, 5.41) is 1.31. The third kappa shape index (κ3) is 6.70. The van der Waals surface area contributed by atoms with Crippen molar-refractivity contribution >= 4 is 63.3 Å². The lowest BCUT2D eigenvalue weighted by atomic mass is 10.2. The normalized spacial score (nSPS) is 11.9. The summed E-state index contributed by atoms with van der Waals surface area (Å²) in [5.74, 6) is 0. The Bertz CT molecular complexity index is 1240. The minimum atomic E-state index is -3.79. The van der Waals surface area contributed by atoms with Gasteiger partial charge in [-0.3, -0.25) is 8.61 Å². The van der Waals surface area contributed by atoms with Gasteiger partial charge in [-0.15, -0.1) is 0 Å². The molecular weight excluding hydrogens is 628 g/mol. The molecule has 3 aromatic rings. The van der Waals surface area contributed by atoms with E-state index in [2.05, 4.69) is 31.9 Å². The van der Waals surface area contributed by atoms with Gasteiger partial charge in [-0.1, -0.05) is 67.3 Å². The topological polar surface area (TPSA) is 74.8 Å². The van der Waals surface area contributed by atoms with Crippen LogP contribution in [0.4, 0.5) is 11.4 Å². The monoisotopic (exact) mass is 656 g/mol. The highest BCUT2D eigenvalue weighted by molar-refractivity contribution is 9.09. The molecule has 0 aliphatic heterocycles. The Kier molecular flexibility index (Phi) is 10.0. The van der Waals surface area contributed by atoms with E-state index in [4.69, 9.17) is 0 Å². The van der Waals surface area contributed by atoms with Gasteiger partial charge < -0.3 is 0 Å². The van der Waals surface area contributed by atoms with Crippen molar-refractivity contribution in [1.82, 2.24) is 0 Å². The van der Waals surface area contributed by atoms with E-state index in [1.165, 1.54) is 8.61 Å². The van der Waals surface area contributed by atoms with Crippen molar-refractivity contribution in [3.63, 3.8) is 0 Å². The van der Waals surface area contributed by atoms with Gasteiger partial charge in [0.1, 0.15) is 0 Å². The highest BCUT2D eigenvalue weighted by atomic mass is 79.9. The Labute approximate surface area is 231 Å². The van der Waals surface area contributed by atoms with E-state index >= 15 is 0 Å². The second-order valence-electron chi connectivity index (χ2n) is 8.38. The van der Waals surface area contributed by atoms with E-state index < -0.39 is 20.0 Å². The summed E-state index contributed by atoms with van der Waals surface area (Å²) in [7, 11) is -7.58. The first-order valence-corrected chi connectivity index (χ1v) is 16.6. The maximum Gasteiger partial charge on any atom is 0.264 e. The Balaban J connectivity index is 1.99. The van der Waals surface area contributed by atoms with Crippen molar-refractivity contribution in [2.75, 3.05) is 32.4 Å². The second kappa shape index (κ2) is 12.6. The predicted octanol–water partition coefficient (Wildman–Crippen LogP) is 6.26. The number of rotatable bonds is 12. The number of sulfonamides is 2. The molecule has 0 heterocycles. The van der Waals surface area contributed by atoms with Crippen LogP contribution in [0.2, 0.25) is 0 Å². The van der Waals surface area contributed by atoms with Crippen molar-refractivity contribution in [1.29, 1.82) is 0 Å². The molecule has 0 atom stereocenters. The van der Waals surface area contributed by atoms with E-state index in [1.807, 2.05) is 13.8 Å². The van der Waals surface area contributed by atoms with Gasteiger partial charge in [0.05, 0.1) is 21.2 Å². The Morgan fingerprint density at radius 2 is 0.861 bits per heavy atom. The van der Waals surface area contributed by atoms with Gasteiger partial charge in [-0.25, -0.2) is 16.8 Å². The van der Waals surface area contributed by atoms with Crippen molar-refractivity contribution < 1.29 is 16.8 Å². The van der Waals surface area contributed by atoms with Crippen molar-refractivity contribution in [3.05, 3.63) is 83.9 Å². The molecular formula is C26H30Br2N2O4S2. The fraction of sp³-hybridized carbons (Fsp3) is 0.308. The zero-order chi connectivity index (χ0) is 26.3. The number of hydrogen-bond acceptors (Lipinski definition) is 4. The molecule has 0 bridgehead atoms. The standard InChI is InChI=1S/C26H30Br2N2O4S2/c1-21-5-13-25(14-6-21)35(31,32)29(19-3-17-27)23-9-11-24(12-10-23)30(20-4-18-28)36(33,34)26-15-7-22(2)8-16-26/h5-16H,3-4,17-20H2,1-2H3. The third-order valence-electron chi connectivity index (χ3n) is 5.63. The lowest BCUT2D eigenvalue weighted by Gasteiger charge is -2.27. The number of anilines is 2. The van der Waals surface area contributed by atoms with E-state index in [9.17, 15) is 16.8 Å². The highest BCUT2D eigenvalue weighted by Crippen LogP contribution is 2.30. The molecule has 0 saturated carbocycles. The molecule has 10 heteroatoms. The van der Waals surface area contributed by atoms with Gasteiger partial charge in [0.2, 0.25) is 0 Å². The first kappa shape index (κ1) is 28.7. The second-order valence-corrected chi connectivity index (χ2v) is 13.7. The number of hydrogen-bond donors (Lipinski definition) is 0. The van der Waals surface area contributed by atoms with Crippen LogP contribution in [0.3, 0.4) is 0 Å². The zero-order valence-corrected chi connectivity index (χ0v) is 25.1. The SMILES string of the molecule is Cc1ccc(S(=O)(=O)N(CCCBr)c2ccc(N(CCCBr)S(=O)(=O)c3ccc(C)cc3)cc2)cc1. The molecule has 0 aliphatic rings. The van der Waals surface area contributed by atoms with E-state index in [0.717, 1.165) is 11.1 Å². The van der Waals surface area contributed by atoms with Crippen LogP contribution in [-0.2, 0) is 20.0 Å². The first-order valence-electron chi connectivity index (χ1n) is 11.5. The van der Waals surface area contributed by atoms with E-state index in [0.29, 0.717) is 34.9 Å².